The van der Waals surface area contributed by atoms with E-state index in [9.17, 15) is 0 Å². The van der Waals surface area contributed by atoms with Crippen molar-refractivity contribution in [1.29, 1.82) is 0 Å². The van der Waals surface area contributed by atoms with Crippen molar-refractivity contribution in [2.24, 2.45) is 4.99 Å². The Hall–Kier alpha value is -2.01. The predicted molar refractivity (Wildman–Crippen MR) is 102 cm³/mol. The van der Waals surface area contributed by atoms with Crippen molar-refractivity contribution in [3.63, 3.8) is 0 Å². The summed E-state index contributed by atoms with van der Waals surface area (Å²) in [5, 5.41) is -0.0221. The molecule has 7 heteroatoms. The zero-order valence-electron chi connectivity index (χ0n) is 12.7. The lowest BCUT2D eigenvalue weighted by Crippen LogP contribution is -2.16. The van der Waals surface area contributed by atoms with Gasteiger partial charge in [-0.1, -0.05) is 76.8 Å². The van der Waals surface area contributed by atoms with E-state index in [0.29, 0.717) is 11.8 Å². The molecule has 0 aliphatic heterocycles. The van der Waals surface area contributed by atoms with Crippen LogP contribution >= 0.6 is 34.8 Å². The van der Waals surface area contributed by atoms with Gasteiger partial charge in [-0.3, -0.25) is 4.57 Å². The van der Waals surface area contributed by atoms with Crippen molar-refractivity contribution in [2.45, 2.75) is 6.92 Å². The fraction of sp³-hybridized carbons (Fsp3) is 0.0588. The van der Waals surface area contributed by atoms with E-state index in [1.807, 2.05) is 55.5 Å². The number of nitrogen functional groups attached to an aromatic ring is 1. The SMILES string of the molecule is Cc1ccc(C(=NC(Cl)=C(Cl)Cl)n2c(N)nc3ccccc32)cc1. The molecule has 122 valence electrons. The molecule has 3 aromatic rings. The molecule has 1 aromatic heterocycles. The highest BCUT2D eigenvalue weighted by Crippen LogP contribution is 2.24. The maximum Gasteiger partial charge on any atom is 0.207 e. The Morgan fingerprint density at radius 1 is 1.04 bits per heavy atom. The second kappa shape index (κ2) is 6.85. The summed E-state index contributed by atoms with van der Waals surface area (Å²) in [5.74, 6) is 0.788. The molecule has 0 fully saturated rings. The molecule has 2 aromatic carbocycles. The largest absolute Gasteiger partial charge is 0.369 e. The maximum absolute atomic E-state index is 6.12. The fourth-order valence-electron chi connectivity index (χ4n) is 2.35. The van der Waals surface area contributed by atoms with E-state index in [4.69, 9.17) is 40.5 Å². The van der Waals surface area contributed by atoms with Crippen molar-refractivity contribution in [3.05, 3.63) is 69.3 Å². The van der Waals surface area contributed by atoms with Crippen molar-refractivity contribution >= 4 is 57.6 Å². The van der Waals surface area contributed by atoms with E-state index >= 15 is 0 Å². The summed E-state index contributed by atoms with van der Waals surface area (Å²) in [6.45, 7) is 2.00. The Morgan fingerprint density at radius 3 is 2.38 bits per heavy atom. The highest BCUT2D eigenvalue weighted by molar-refractivity contribution is 6.59. The standard InChI is InChI=1S/C17H13Cl3N4/c1-10-6-8-11(9-7-10)16(23-15(20)14(18)19)24-13-5-3-2-4-12(13)22-17(24)21/h2-9H,1H3,(H2,21,22). The predicted octanol–water partition coefficient (Wildman–Crippen LogP) is 5.06. The monoisotopic (exact) mass is 378 g/mol. The minimum atomic E-state index is -0.121. The summed E-state index contributed by atoms with van der Waals surface area (Å²) in [6, 6.07) is 15.4. The van der Waals surface area contributed by atoms with Crippen molar-refractivity contribution < 1.29 is 0 Å². The van der Waals surface area contributed by atoms with E-state index in [-0.39, 0.29) is 9.65 Å². The minimum Gasteiger partial charge on any atom is -0.369 e. The van der Waals surface area contributed by atoms with Crippen molar-refractivity contribution in [1.82, 2.24) is 9.55 Å². The Kier molecular flexibility index (Phi) is 4.81. The molecule has 24 heavy (non-hydrogen) atoms. The Balaban J connectivity index is 2.30. The van der Waals surface area contributed by atoms with Crippen LogP contribution in [-0.2, 0) is 0 Å². The third-order valence-electron chi connectivity index (χ3n) is 3.47. The summed E-state index contributed by atoms with van der Waals surface area (Å²) in [7, 11) is 0. The maximum atomic E-state index is 6.12. The van der Waals surface area contributed by atoms with Gasteiger partial charge < -0.3 is 5.73 Å². The van der Waals surface area contributed by atoms with Gasteiger partial charge in [-0.2, -0.15) is 0 Å². The lowest BCUT2D eigenvalue weighted by Gasteiger charge is -2.11. The first kappa shape index (κ1) is 16.8. The number of fused-ring (bicyclic) bond motifs is 1. The summed E-state index contributed by atoms with van der Waals surface area (Å²) >= 11 is 17.6. The van der Waals surface area contributed by atoms with Gasteiger partial charge in [0.25, 0.3) is 0 Å². The van der Waals surface area contributed by atoms with E-state index < -0.39 is 0 Å². The zero-order chi connectivity index (χ0) is 17.3. The second-order valence-electron chi connectivity index (χ2n) is 5.15. The van der Waals surface area contributed by atoms with Crippen LogP contribution in [0.15, 0.2) is 63.2 Å². The van der Waals surface area contributed by atoms with Crippen LogP contribution in [-0.4, -0.2) is 15.4 Å². The number of aliphatic imine (C=N–C) groups is 1. The number of aromatic nitrogens is 2. The molecular weight excluding hydrogens is 367 g/mol. The third-order valence-corrected chi connectivity index (χ3v) is 4.29. The Labute approximate surface area is 154 Å². The molecule has 0 radical (unpaired) electrons. The summed E-state index contributed by atoms with van der Waals surface area (Å²) in [6.07, 6.45) is 0. The number of para-hydroxylation sites is 2. The molecule has 0 aliphatic rings. The first-order chi connectivity index (χ1) is 11.5. The fourth-order valence-corrected chi connectivity index (χ4v) is 2.51. The number of benzene rings is 2. The average molecular weight is 380 g/mol. The quantitative estimate of drug-likeness (QED) is 0.384. The first-order valence-corrected chi connectivity index (χ1v) is 8.20. The molecule has 2 N–H and O–H groups in total. The van der Waals surface area contributed by atoms with Gasteiger partial charge in [0.05, 0.1) is 11.0 Å². The van der Waals surface area contributed by atoms with Crippen LogP contribution in [0.1, 0.15) is 11.1 Å². The van der Waals surface area contributed by atoms with Crippen LogP contribution in [0, 0.1) is 6.92 Å². The number of nitrogens with two attached hydrogens (primary N) is 1. The molecule has 0 saturated heterocycles. The number of hydrogen-bond acceptors (Lipinski definition) is 3. The van der Waals surface area contributed by atoms with Crippen LogP contribution in [0.25, 0.3) is 11.0 Å². The Bertz CT molecular complexity index is 952. The topological polar surface area (TPSA) is 56.2 Å². The normalized spacial score (nSPS) is 11.8. The van der Waals surface area contributed by atoms with Gasteiger partial charge in [0.15, 0.2) is 5.16 Å². The summed E-state index contributed by atoms with van der Waals surface area (Å²) < 4.78 is 1.60. The van der Waals surface area contributed by atoms with Gasteiger partial charge >= 0.3 is 0 Å². The minimum absolute atomic E-state index is 0.0221. The number of aryl methyl sites for hydroxylation is 1. The first-order valence-electron chi connectivity index (χ1n) is 7.07. The van der Waals surface area contributed by atoms with Crippen LogP contribution < -0.4 is 5.73 Å². The van der Waals surface area contributed by atoms with E-state index in [1.165, 1.54) is 0 Å². The molecular formula is C17H13Cl3N4. The number of nitrogens with zero attached hydrogens (tertiary/aromatic N) is 3. The third kappa shape index (κ3) is 3.26. The van der Waals surface area contributed by atoms with E-state index in [0.717, 1.165) is 22.2 Å². The summed E-state index contributed by atoms with van der Waals surface area (Å²) in [4.78, 5) is 8.73. The zero-order valence-corrected chi connectivity index (χ0v) is 14.9. The van der Waals surface area contributed by atoms with Gasteiger partial charge in [0, 0.05) is 5.56 Å². The highest BCUT2D eigenvalue weighted by Gasteiger charge is 2.16. The Morgan fingerprint density at radius 2 is 1.71 bits per heavy atom. The molecule has 0 atom stereocenters. The van der Waals surface area contributed by atoms with E-state index in [2.05, 4.69) is 9.98 Å². The lowest BCUT2D eigenvalue weighted by atomic mass is 10.1. The van der Waals surface area contributed by atoms with Gasteiger partial charge in [-0.25, -0.2) is 9.98 Å². The molecule has 3 rings (SSSR count). The van der Waals surface area contributed by atoms with Crippen LogP contribution in [0.4, 0.5) is 5.95 Å². The van der Waals surface area contributed by atoms with Gasteiger partial charge in [-0.05, 0) is 19.1 Å². The molecule has 0 amide bonds. The molecule has 0 unspecified atom stereocenters. The number of imidazole rings is 1. The number of rotatable bonds is 2. The average Bonchev–Trinajstić information content (AvgIpc) is 2.89. The number of halogens is 3. The molecule has 1 heterocycles. The van der Waals surface area contributed by atoms with Gasteiger partial charge in [0.2, 0.25) is 5.95 Å². The van der Waals surface area contributed by atoms with Gasteiger partial charge in [0.1, 0.15) is 10.3 Å². The van der Waals surface area contributed by atoms with Crippen LogP contribution in [0.3, 0.4) is 0 Å². The molecule has 0 spiro atoms. The number of anilines is 1. The van der Waals surface area contributed by atoms with Gasteiger partial charge in [-0.15, -0.1) is 0 Å². The molecule has 0 bridgehead atoms. The van der Waals surface area contributed by atoms with Crippen LogP contribution in [0.5, 0.6) is 0 Å². The van der Waals surface area contributed by atoms with Crippen LogP contribution in [0.2, 0.25) is 0 Å². The highest BCUT2D eigenvalue weighted by atomic mass is 35.5. The smallest absolute Gasteiger partial charge is 0.207 e. The second-order valence-corrected chi connectivity index (χ2v) is 6.45. The molecule has 0 saturated carbocycles. The summed E-state index contributed by atoms with van der Waals surface area (Å²) in [5.41, 5.74) is 9.62. The number of hydrogen-bond donors (Lipinski definition) is 1. The molecule has 0 aliphatic carbocycles. The molecule has 4 nitrogen and oxygen atoms in total. The lowest BCUT2D eigenvalue weighted by molar-refractivity contribution is 1.16. The van der Waals surface area contributed by atoms with Crippen molar-refractivity contribution in [3.8, 4) is 0 Å². The van der Waals surface area contributed by atoms with Crippen molar-refractivity contribution in [2.75, 3.05) is 5.73 Å². The van der Waals surface area contributed by atoms with E-state index in [1.54, 1.807) is 4.57 Å².